The van der Waals surface area contributed by atoms with E-state index in [2.05, 4.69) is 15.5 Å². The first-order valence-electron chi connectivity index (χ1n) is 8.94. The molecule has 0 saturated carbocycles. The Hall–Kier alpha value is -1.93. The van der Waals surface area contributed by atoms with Gasteiger partial charge in [-0.05, 0) is 49.7 Å². The van der Waals surface area contributed by atoms with E-state index in [4.69, 9.17) is 39.5 Å². The van der Waals surface area contributed by atoms with Crippen LogP contribution in [-0.2, 0) is 11.8 Å². The number of aryl methyl sites for hydroxylation is 1. The summed E-state index contributed by atoms with van der Waals surface area (Å²) >= 11 is 19.5. The number of rotatable bonds is 7. The predicted molar refractivity (Wildman–Crippen MR) is 122 cm³/mol. The zero-order chi connectivity index (χ0) is 21.8. The van der Waals surface area contributed by atoms with Crippen molar-refractivity contribution in [1.82, 2.24) is 14.8 Å². The Morgan fingerprint density at radius 2 is 1.90 bits per heavy atom. The van der Waals surface area contributed by atoms with Gasteiger partial charge in [-0.3, -0.25) is 4.79 Å². The van der Waals surface area contributed by atoms with Crippen LogP contribution in [0.25, 0.3) is 0 Å². The molecule has 2 aromatic carbocycles. The number of nitrogens with one attached hydrogen (secondary N) is 1. The van der Waals surface area contributed by atoms with E-state index in [9.17, 15) is 4.79 Å². The minimum Gasteiger partial charge on any atom is -0.481 e. The molecular weight excluding hydrogens is 467 g/mol. The smallest absolute Gasteiger partial charge is 0.234 e. The Kier molecular flexibility index (Phi) is 7.52. The maximum atomic E-state index is 12.3. The average Bonchev–Trinajstić information content (AvgIpc) is 3.06. The van der Waals surface area contributed by atoms with Crippen LogP contribution in [0.5, 0.6) is 5.75 Å². The van der Waals surface area contributed by atoms with Gasteiger partial charge >= 0.3 is 0 Å². The summed E-state index contributed by atoms with van der Waals surface area (Å²) < 4.78 is 7.75. The molecule has 1 unspecified atom stereocenters. The number of hydrogen-bond donors (Lipinski definition) is 1. The molecular formula is C20H19Cl3N4O2S. The molecule has 1 atom stereocenters. The van der Waals surface area contributed by atoms with Crippen LogP contribution in [0, 0.1) is 6.92 Å². The van der Waals surface area contributed by atoms with Crippen LogP contribution in [-0.4, -0.2) is 26.4 Å². The summed E-state index contributed by atoms with van der Waals surface area (Å²) in [5.41, 5.74) is 1.51. The topological polar surface area (TPSA) is 69.0 Å². The SMILES string of the molecule is Cc1ccc(Cl)c(OC(C)c2nnc(SCC(=O)Nc3cc(Cl)ccc3Cl)n2C)c1. The van der Waals surface area contributed by atoms with Gasteiger partial charge in [-0.15, -0.1) is 10.2 Å². The van der Waals surface area contributed by atoms with E-state index in [0.29, 0.717) is 37.5 Å². The molecule has 3 aromatic rings. The molecule has 1 N–H and O–H groups in total. The number of amides is 1. The van der Waals surface area contributed by atoms with Gasteiger partial charge in [0.15, 0.2) is 17.1 Å². The number of hydrogen-bond acceptors (Lipinski definition) is 5. The molecule has 0 bridgehead atoms. The number of ether oxygens (including phenoxy) is 1. The van der Waals surface area contributed by atoms with Crippen molar-refractivity contribution >= 4 is 58.2 Å². The Balaban J connectivity index is 1.62. The zero-order valence-electron chi connectivity index (χ0n) is 16.4. The Bertz CT molecular complexity index is 1070. The molecule has 30 heavy (non-hydrogen) atoms. The first-order chi connectivity index (χ1) is 14.2. The molecule has 6 nitrogen and oxygen atoms in total. The van der Waals surface area contributed by atoms with Gasteiger partial charge in [0.2, 0.25) is 5.91 Å². The molecule has 0 spiro atoms. The molecule has 0 aliphatic carbocycles. The van der Waals surface area contributed by atoms with E-state index in [1.165, 1.54) is 11.8 Å². The van der Waals surface area contributed by atoms with Crippen molar-refractivity contribution in [3.63, 3.8) is 0 Å². The molecule has 1 amide bonds. The Labute approximate surface area is 193 Å². The predicted octanol–water partition coefficient (Wildman–Crippen LogP) is 5.95. The summed E-state index contributed by atoms with van der Waals surface area (Å²) in [6.07, 6.45) is -0.379. The van der Waals surface area contributed by atoms with E-state index in [1.807, 2.05) is 33.0 Å². The lowest BCUT2D eigenvalue weighted by molar-refractivity contribution is -0.113. The summed E-state index contributed by atoms with van der Waals surface area (Å²) in [6, 6.07) is 10.5. The second kappa shape index (κ2) is 9.92. The van der Waals surface area contributed by atoms with Crippen molar-refractivity contribution in [2.24, 2.45) is 7.05 Å². The average molecular weight is 486 g/mol. The molecule has 0 saturated heterocycles. The molecule has 1 aromatic heterocycles. The van der Waals surface area contributed by atoms with Crippen LogP contribution in [0.4, 0.5) is 5.69 Å². The zero-order valence-corrected chi connectivity index (χ0v) is 19.5. The first kappa shape index (κ1) is 22.7. The van der Waals surface area contributed by atoms with Crippen LogP contribution < -0.4 is 10.1 Å². The number of benzene rings is 2. The van der Waals surface area contributed by atoms with Gasteiger partial charge in [0.05, 0.1) is 21.5 Å². The van der Waals surface area contributed by atoms with Gasteiger partial charge in [0.1, 0.15) is 5.75 Å². The number of anilines is 1. The van der Waals surface area contributed by atoms with E-state index in [0.717, 1.165) is 5.56 Å². The number of nitrogens with zero attached hydrogens (tertiary/aromatic N) is 3. The second-order valence-electron chi connectivity index (χ2n) is 6.55. The molecule has 10 heteroatoms. The highest BCUT2D eigenvalue weighted by atomic mass is 35.5. The molecule has 0 aliphatic rings. The van der Waals surface area contributed by atoms with Crippen molar-refractivity contribution in [3.05, 3.63) is 62.9 Å². The van der Waals surface area contributed by atoms with Gasteiger partial charge in [0, 0.05) is 12.1 Å². The van der Waals surface area contributed by atoms with E-state index in [1.54, 1.807) is 28.8 Å². The third kappa shape index (κ3) is 5.60. The fourth-order valence-electron chi connectivity index (χ4n) is 2.66. The van der Waals surface area contributed by atoms with E-state index in [-0.39, 0.29) is 17.8 Å². The number of carbonyl (C=O) groups is 1. The lowest BCUT2D eigenvalue weighted by atomic mass is 10.2. The van der Waals surface area contributed by atoms with Crippen LogP contribution >= 0.6 is 46.6 Å². The molecule has 0 aliphatic heterocycles. The van der Waals surface area contributed by atoms with Crippen LogP contribution in [0.3, 0.4) is 0 Å². The number of thioether (sulfide) groups is 1. The van der Waals surface area contributed by atoms with Gasteiger partial charge < -0.3 is 14.6 Å². The Morgan fingerprint density at radius 3 is 2.67 bits per heavy atom. The summed E-state index contributed by atoms with van der Waals surface area (Å²) in [7, 11) is 1.82. The van der Waals surface area contributed by atoms with E-state index < -0.39 is 0 Å². The standard InChI is InChI=1S/C20H19Cl3N4O2S/c1-11-4-6-15(23)17(8-11)29-12(2)19-25-26-20(27(19)3)30-10-18(28)24-16-9-13(21)5-7-14(16)22/h4-9,12H,10H2,1-3H3,(H,24,28). The molecule has 0 radical (unpaired) electrons. The fraction of sp³-hybridized carbons (Fsp3) is 0.250. The van der Waals surface area contributed by atoms with Crippen molar-refractivity contribution in [1.29, 1.82) is 0 Å². The lowest BCUT2D eigenvalue weighted by Crippen LogP contribution is -2.15. The van der Waals surface area contributed by atoms with Gasteiger partial charge in [0.25, 0.3) is 0 Å². The van der Waals surface area contributed by atoms with Gasteiger partial charge in [-0.1, -0.05) is 52.6 Å². The number of carbonyl (C=O) groups excluding carboxylic acids is 1. The second-order valence-corrected chi connectivity index (χ2v) is 8.75. The quantitative estimate of drug-likeness (QED) is 0.418. The Morgan fingerprint density at radius 1 is 1.17 bits per heavy atom. The molecule has 0 fully saturated rings. The van der Waals surface area contributed by atoms with Crippen LogP contribution in [0.1, 0.15) is 24.4 Å². The largest absolute Gasteiger partial charge is 0.481 e. The van der Waals surface area contributed by atoms with Crippen LogP contribution in [0.15, 0.2) is 41.6 Å². The monoisotopic (exact) mass is 484 g/mol. The normalized spacial score (nSPS) is 11.9. The number of aromatic nitrogens is 3. The van der Waals surface area contributed by atoms with Crippen molar-refractivity contribution < 1.29 is 9.53 Å². The molecule has 158 valence electrons. The minimum atomic E-state index is -0.379. The van der Waals surface area contributed by atoms with Gasteiger partial charge in [-0.2, -0.15) is 0 Å². The summed E-state index contributed by atoms with van der Waals surface area (Å²) in [4.78, 5) is 12.3. The molecule has 1 heterocycles. The minimum absolute atomic E-state index is 0.133. The fourth-order valence-corrected chi connectivity index (χ4v) is 3.88. The lowest BCUT2D eigenvalue weighted by Gasteiger charge is -2.15. The van der Waals surface area contributed by atoms with E-state index >= 15 is 0 Å². The van der Waals surface area contributed by atoms with Crippen molar-refractivity contribution in [2.45, 2.75) is 25.1 Å². The van der Waals surface area contributed by atoms with Crippen LogP contribution in [0.2, 0.25) is 15.1 Å². The summed E-state index contributed by atoms with van der Waals surface area (Å²) in [6.45, 7) is 3.83. The van der Waals surface area contributed by atoms with Crippen molar-refractivity contribution in [3.8, 4) is 5.75 Å². The third-order valence-corrected chi connectivity index (χ3v) is 6.05. The highest BCUT2D eigenvalue weighted by molar-refractivity contribution is 7.99. The molecule has 3 rings (SSSR count). The highest BCUT2D eigenvalue weighted by Crippen LogP contribution is 2.30. The highest BCUT2D eigenvalue weighted by Gasteiger charge is 2.19. The van der Waals surface area contributed by atoms with Gasteiger partial charge in [-0.25, -0.2) is 0 Å². The third-order valence-electron chi connectivity index (χ3n) is 4.16. The first-order valence-corrected chi connectivity index (χ1v) is 11.1. The summed E-state index contributed by atoms with van der Waals surface area (Å²) in [5, 5.41) is 13.1. The summed E-state index contributed by atoms with van der Waals surface area (Å²) in [5.74, 6) is 1.10. The maximum Gasteiger partial charge on any atom is 0.234 e. The number of halogens is 3. The maximum absolute atomic E-state index is 12.3. The van der Waals surface area contributed by atoms with Crippen molar-refractivity contribution in [2.75, 3.05) is 11.1 Å².